The number of nitrogens with zero attached hydrogens (tertiary/aromatic N) is 1. The first-order chi connectivity index (χ1) is 19.6. The van der Waals surface area contributed by atoms with Gasteiger partial charge in [0.2, 0.25) is 5.91 Å². The molecule has 0 radical (unpaired) electrons. The molecule has 1 saturated carbocycles. The van der Waals surface area contributed by atoms with E-state index in [0.29, 0.717) is 24.3 Å². The highest BCUT2D eigenvalue weighted by molar-refractivity contribution is 5.90. The molecule has 1 amide bonds. The van der Waals surface area contributed by atoms with Gasteiger partial charge in [0.05, 0.1) is 24.5 Å². The van der Waals surface area contributed by atoms with Gasteiger partial charge in [0.25, 0.3) is 0 Å². The Morgan fingerprint density at radius 1 is 1.19 bits per heavy atom. The van der Waals surface area contributed by atoms with E-state index in [1.165, 1.54) is 5.56 Å². The Bertz CT molecular complexity index is 1260. The number of ketones is 1. The predicted octanol–water partition coefficient (Wildman–Crippen LogP) is 2.38. The Kier molecular flexibility index (Phi) is 8.68. The highest BCUT2D eigenvalue weighted by Crippen LogP contribution is 2.64. The van der Waals surface area contributed by atoms with Crippen LogP contribution in [0.15, 0.2) is 12.1 Å². The number of ether oxygens (including phenoxy) is 3. The summed E-state index contributed by atoms with van der Waals surface area (Å²) in [5.41, 5.74) is 0.108. The van der Waals surface area contributed by atoms with Crippen molar-refractivity contribution in [2.75, 3.05) is 20.7 Å². The summed E-state index contributed by atoms with van der Waals surface area (Å²) < 4.78 is 16.9. The summed E-state index contributed by atoms with van der Waals surface area (Å²) in [5, 5.41) is 22.8. The normalized spacial score (nSPS) is 28.1. The molecule has 232 valence electrons. The zero-order chi connectivity index (χ0) is 31.2. The second kappa shape index (κ2) is 11.5. The van der Waals surface area contributed by atoms with Crippen LogP contribution in [0.3, 0.4) is 0 Å². The van der Waals surface area contributed by atoms with Crippen LogP contribution in [0, 0.1) is 5.92 Å². The number of nitrogens with one attached hydrogen (secondary N) is 1. The Labute approximate surface area is 246 Å². The maximum Gasteiger partial charge on any atom is 0.329 e. The van der Waals surface area contributed by atoms with Gasteiger partial charge in [-0.2, -0.15) is 0 Å². The predicted molar refractivity (Wildman–Crippen MR) is 153 cm³/mol. The Balaban J connectivity index is 0.000000198. The lowest BCUT2D eigenvalue weighted by atomic mass is 9.49. The van der Waals surface area contributed by atoms with Gasteiger partial charge >= 0.3 is 11.9 Å². The van der Waals surface area contributed by atoms with E-state index in [-0.39, 0.29) is 30.6 Å². The van der Waals surface area contributed by atoms with E-state index in [4.69, 9.17) is 19.3 Å². The molecule has 0 unspecified atom stereocenters. The van der Waals surface area contributed by atoms with Crippen LogP contribution in [0.4, 0.5) is 0 Å². The van der Waals surface area contributed by atoms with Crippen molar-refractivity contribution in [3.63, 3.8) is 0 Å². The van der Waals surface area contributed by atoms with Gasteiger partial charge in [-0.15, -0.1) is 0 Å². The molecule has 11 heteroatoms. The summed E-state index contributed by atoms with van der Waals surface area (Å²) in [6.45, 7) is 9.67. The van der Waals surface area contributed by atoms with Gasteiger partial charge in [0.15, 0.2) is 23.4 Å². The van der Waals surface area contributed by atoms with Crippen molar-refractivity contribution in [3.8, 4) is 11.5 Å². The van der Waals surface area contributed by atoms with Crippen LogP contribution >= 0.6 is 0 Å². The number of methoxy groups -OCH3 is 1. The summed E-state index contributed by atoms with van der Waals surface area (Å²) in [7, 11) is 3.70. The lowest BCUT2D eigenvalue weighted by molar-refractivity contribution is -0.185. The zero-order valence-corrected chi connectivity index (χ0v) is 25.6. The molecule has 2 aliphatic heterocycles. The van der Waals surface area contributed by atoms with Crippen molar-refractivity contribution in [2.24, 2.45) is 5.92 Å². The number of piperidine rings is 1. The number of benzene rings is 1. The minimum atomic E-state index is -1.05. The van der Waals surface area contributed by atoms with Crippen LogP contribution in [-0.2, 0) is 35.8 Å². The second-order valence-electron chi connectivity index (χ2n) is 13.2. The molecular formula is C31H44N2O9. The molecule has 2 fully saturated rings. The van der Waals surface area contributed by atoms with Gasteiger partial charge < -0.3 is 34.6 Å². The van der Waals surface area contributed by atoms with E-state index < -0.39 is 46.6 Å². The maximum absolute atomic E-state index is 12.7. The van der Waals surface area contributed by atoms with Gasteiger partial charge in [0, 0.05) is 24.4 Å². The molecular weight excluding hydrogens is 544 g/mol. The fourth-order valence-electron chi connectivity index (χ4n) is 7.01. The van der Waals surface area contributed by atoms with E-state index in [1.807, 2.05) is 6.07 Å². The third kappa shape index (κ3) is 5.48. The standard InChI is InChI=1S/C18H21NO4.C13H23NO5/c1-19-8-7-17-14-10-3-4-12(22-2)15(14)23-16(17)11(20)5-6-18(17,21)13(19)9-10;1-8(2)11(12(18)19-13(3,4)5)14-9(15)6-7-10(16)17/h3-4,13,16,21H,5-9H2,1-2H3;8,11H,6-7H2,1-5H3,(H,14,15)(H,16,17)/t13-,16+,17+,18-;11-/m10/s1. The third-order valence-electron chi connectivity index (χ3n) is 8.94. The first-order valence-corrected chi connectivity index (χ1v) is 14.6. The van der Waals surface area contributed by atoms with Gasteiger partial charge in [-0.1, -0.05) is 19.9 Å². The van der Waals surface area contributed by atoms with E-state index in [0.717, 1.165) is 24.9 Å². The molecule has 5 rings (SSSR count). The van der Waals surface area contributed by atoms with Crippen molar-refractivity contribution in [1.29, 1.82) is 0 Å². The highest BCUT2D eigenvalue weighted by atomic mass is 16.6. The molecule has 5 atom stereocenters. The lowest BCUT2D eigenvalue weighted by Crippen LogP contribution is -2.76. The number of esters is 1. The number of carbonyl (C=O) groups is 4. The molecule has 1 spiro atoms. The molecule has 1 saturated heterocycles. The van der Waals surface area contributed by atoms with Crippen LogP contribution in [0.2, 0.25) is 0 Å². The fourth-order valence-corrected chi connectivity index (χ4v) is 7.01. The molecule has 1 aromatic carbocycles. The Hall–Kier alpha value is -3.18. The lowest BCUT2D eigenvalue weighted by Gasteiger charge is -2.62. The number of hydrogen-bond acceptors (Lipinski definition) is 9. The number of likely N-dealkylation sites (tertiary alicyclic amines) is 1. The maximum atomic E-state index is 12.7. The summed E-state index contributed by atoms with van der Waals surface area (Å²) in [4.78, 5) is 48.8. The largest absolute Gasteiger partial charge is 0.493 e. The molecule has 42 heavy (non-hydrogen) atoms. The van der Waals surface area contributed by atoms with E-state index in [1.54, 1.807) is 41.7 Å². The molecule has 11 nitrogen and oxygen atoms in total. The van der Waals surface area contributed by atoms with Crippen LogP contribution in [0.25, 0.3) is 0 Å². The van der Waals surface area contributed by atoms with Gasteiger partial charge in [0.1, 0.15) is 11.6 Å². The number of rotatable bonds is 7. The number of amides is 1. The molecule has 2 heterocycles. The van der Waals surface area contributed by atoms with Crippen molar-refractivity contribution < 1.29 is 43.6 Å². The summed E-state index contributed by atoms with van der Waals surface area (Å²) in [6, 6.07) is 3.28. The van der Waals surface area contributed by atoms with Crippen molar-refractivity contribution in [3.05, 3.63) is 23.3 Å². The zero-order valence-electron chi connectivity index (χ0n) is 25.6. The Morgan fingerprint density at radius 2 is 1.88 bits per heavy atom. The number of carboxylic acid groups (broad SMARTS) is 1. The number of aliphatic carboxylic acids is 1. The molecule has 2 bridgehead atoms. The number of likely N-dealkylation sites (N-methyl/N-ethyl adjacent to an activating group) is 1. The number of carbonyl (C=O) groups excluding carboxylic acids is 3. The Morgan fingerprint density at radius 3 is 2.48 bits per heavy atom. The minimum Gasteiger partial charge on any atom is -0.493 e. The van der Waals surface area contributed by atoms with Gasteiger partial charge in [-0.25, -0.2) is 4.79 Å². The van der Waals surface area contributed by atoms with E-state index in [9.17, 15) is 24.3 Å². The first-order valence-electron chi connectivity index (χ1n) is 14.6. The minimum absolute atomic E-state index is 0.0438. The van der Waals surface area contributed by atoms with Crippen LogP contribution in [-0.4, -0.2) is 88.8 Å². The van der Waals surface area contributed by atoms with E-state index >= 15 is 0 Å². The number of hydrogen-bond donors (Lipinski definition) is 3. The topological polar surface area (TPSA) is 152 Å². The number of Topliss-reactive ketones (excluding diaryl/α,β-unsaturated/α-hetero) is 1. The summed E-state index contributed by atoms with van der Waals surface area (Å²) in [5.74, 6) is -0.689. The van der Waals surface area contributed by atoms with Crippen LogP contribution in [0.1, 0.15) is 77.8 Å². The van der Waals surface area contributed by atoms with Gasteiger partial charge in [-0.3, -0.25) is 14.4 Å². The SMILES string of the molecule is CC(C)[C@H](NC(=O)CCC(=O)O)C(=O)OC(C)(C)C.COc1ccc2c3c1O[C@H]1C(=O)CC[C@@]4(O)[C@@H](C2)N(C)CC[C@]314. The number of aliphatic hydroxyl groups is 1. The number of carboxylic acids is 1. The summed E-state index contributed by atoms with van der Waals surface area (Å²) >= 11 is 0. The second-order valence-corrected chi connectivity index (χ2v) is 13.2. The summed E-state index contributed by atoms with van der Waals surface area (Å²) in [6.07, 6.45) is 1.48. The van der Waals surface area contributed by atoms with E-state index in [2.05, 4.69) is 23.3 Å². The van der Waals surface area contributed by atoms with Gasteiger partial charge in [-0.05, 0) is 71.2 Å². The van der Waals surface area contributed by atoms with Crippen molar-refractivity contribution in [1.82, 2.24) is 10.2 Å². The van der Waals surface area contributed by atoms with Crippen LogP contribution < -0.4 is 14.8 Å². The molecule has 4 aliphatic rings. The third-order valence-corrected chi connectivity index (χ3v) is 8.94. The monoisotopic (exact) mass is 588 g/mol. The average molecular weight is 589 g/mol. The molecule has 2 aliphatic carbocycles. The quantitative estimate of drug-likeness (QED) is 0.405. The highest BCUT2D eigenvalue weighted by Gasteiger charge is 2.72. The first kappa shape index (κ1) is 31.7. The fraction of sp³-hybridized carbons (Fsp3) is 0.677. The van der Waals surface area contributed by atoms with Crippen molar-refractivity contribution in [2.45, 2.75) is 108 Å². The average Bonchev–Trinajstić information content (AvgIpc) is 3.25. The molecule has 1 aromatic rings. The molecule has 3 N–H and O–H groups in total. The smallest absolute Gasteiger partial charge is 0.329 e. The van der Waals surface area contributed by atoms with Crippen LogP contribution in [0.5, 0.6) is 11.5 Å². The molecule has 0 aromatic heterocycles. The van der Waals surface area contributed by atoms with Crippen molar-refractivity contribution >= 4 is 23.6 Å².